The fourth-order valence-electron chi connectivity index (χ4n) is 10.2. The van der Waals surface area contributed by atoms with Crippen molar-refractivity contribution in [2.45, 2.75) is 105 Å². The highest BCUT2D eigenvalue weighted by Crippen LogP contribution is 2.41. The van der Waals surface area contributed by atoms with Gasteiger partial charge in [-0.1, -0.05) is 210 Å². The fourth-order valence-corrected chi connectivity index (χ4v) is 10.2. The van der Waals surface area contributed by atoms with Crippen LogP contribution in [0.15, 0.2) is 200 Å². The zero-order chi connectivity index (χ0) is 56.1. The Labute approximate surface area is 449 Å². The second kappa shape index (κ2) is 18.4. The molecule has 0 aliphatic rings. The maximum atomic E-state index is 9.82. The molecule has 5 nitrogen and oxygen atoms in total. The summed E-state index contributed by atoms with van der Waals surface area (Å²) in [6.07, 6.45) is 4.06. The van der Waals surface area contributed by atoms with Gasteiger partial charge < -0.3 is 4.74 Å². The second-order valence-corrected chi connectivity index (χ2v) is 24.2. The molecule has 8 aromatic carbocycles. The molecule has 0 saturated carbocycles. The molecular weight excluding hydrogens is 913 g/mol. The van der Waals surface area contributed by atoms with Gasteiger partial charge >= 0.3 is 0 Å². The molecule has 5 heteroatoms. The van der Waals surface area contributed by atoms with E-state index in [9.17, 15) is 5.48 Å². The molecule has 0 aliphatic heterocycles. The van der Waals surface area contributed by atoms with Gasteiger partial charge in [0.05, 0.1) is 16.5 Å². The monoisotopic (exact) mass is 986 g/mol. The van der Waals surface area contributed by atoms with Crippen LogP contribution in [-0.2, 0) is 21.7 Å². The van der Waals surface area contributed by atoms with Crippen molar-refractivity contribution in [3.05, 3.63) is 223 Å². The molecule has 0 saturated heterocycles. The molecular formula is C70H69N4O+. The van der Waals surface area contributed by atoms with Crippen LogP contribution in [0.1, 0.15) is 111 Å². The van der Waals surface area contributed by atoms with Crippen LogP contribution in [0, 0.1) is 0 Å². The average Bonchev–Trinajstić information content (AvgIpc) is 4.21. The van der Waals surface area contributed by atoms with Gasteiger partial charge in [-0.25, -0.2) is 4.98 Å². The molecule has 11 aromatic rings. The van der Waals surface area contributed by atoms with Crippen LogP contribution in [0.25, 0.3) is 83.4 Å². The Hall–Kier alpha value is -8.02. The highest BCUT2D eigenvalue weighted by molar-refractivity contribution is 6.09. The van der Waals surface area contributed by atoms with E-state index in [-0.39, 0.29) is 57.0 Å². The van der Waals surface area contributed by atoms with Crippen molar-refractivity contribution in [2.75, 3.05) is 0 Å². The fraction of sp³-hybridized carbons (Fsp3) is 0.229. The van der Waals surface area contributed by atoms with Crippen molar-refractivity contribution in [3.63, 3.8) is 0 Å². The van der Waals surface area contributed by atoms with Gasteiger partial charge in [-0.05, 0) is 115 Å². The number of nitrogens with zero attached hydrogens (tertiary/aromatic N) is 4. The molecule has 0 radical (unpaired) electrons. The van der Waals surface area contributed by atoms with Gasteiger partial charge in [-0.3, -0.25) is 4.57 Å². The Morgan fingerprint density at radius 3 is 1.67 bits per heavy atom. The summed E-state index contributed by atoms with van der Waals surface area (Å²) in [5.74, 6) is 2.18. The summed E-state index contributed by atoms with van der Waals surface area (Å²) in [4.78, 5) is 4.99. The first kappa shape index (κ1) is 44.5. The minimum absolute atomic E-state index is 0.0242. The molecule has 0 fully saturated rings. The van der Waals surface area contributed by atoms with E-state index in [2.05, 4.69) is 194 Å². The first-order valence-electron chi connectivity index (χ1n) is 28.2. The summed E-state index contributed by atoms with van der Waals surface area (Å²) in [6, 6.07) is 55.7. The van der Waals surface area contributed by atoms with Crippen LogP contribution < -0.4 is 9.30 Å². The minimum atomic E-state index is -0.173. The smallest absolute Gasteiger partial charge is 0.255 e. The molecule has 3 aromatic heterocycles. The maximum absolute atomic E-state index is 9.82. The topological polar surface area (TPSA) is 35.9 Å². The van der Waals surface area contributed by atoms with E-state index < -0.39 is 0 Å². The zero-order valence-corrected chi connectivity index (χ0v) is 45.4. The van der Waals surface area contributed by atoms with Gasteiger partial charge in [0, 0.05) is 40.2 Å². The van der Waals surface area contributed by atoms with E-state index in [1.807, 2.05) is 79.0 Å². The van der Waals surface area contributed by atoms with Crippen LogP contribution in [0.4, 0.5) is 0 Å². The highest BCUT2D eigenvalue weighted by Gasteiger charge is 2.28. The molecule has 0 unspecified atom stereocenters. The number of hydrogen-bond acceptors (Lipinski definition) is 2. The van der Waals surface area contributed by atoms with Crippen LogP contribution in [0.5, 0.6) is 11.5 Å². The number of imidazole rings is 1. The number of rotatable bonds is 8. The van der Waals surface area contributed by atoms with Crippen LogP contribution in [-0.4, -0.2) is 14.1 Å². The molecule has 75 heavy (non-hydrogen) atoms. The van der Waals surface area contributed by atoms with Gasteiger partial charge in [-0.2, -0.15) is 9.13 Å². The SMILES string of the molecule is [2H]c1c([2H])c(-c2cccc(-c3cc(C(C)(C)C)cc(C(C)(C)C)c3)c2-[n+]2cn(-c3cccc(Oc4ccc5c6ccccc6n(-c6ccc(C(C)(C)C)cn6)c5c4)c3)c3ccccc32)c([2H])c([2H])c1-c1ccc(C(C)(C)C)cc1. The van der Waals surface area contributed by atoms with E-state index in [0.29, 0.717) is 22.6 Å². The first-order chi connectivity index (χ1) is 37.4. The van der Waals surface area contributed by atoms with Gasteiger partial charge in [-0.15, -0.1) is 0 Å². The van der Waals surface area contributed by atoms with Crippen molar-refractivity contribution in [1.82, 2.24) is 14.1 Å². The van der Waals surface area contributed by atoms with Crippen LogP contribution in [0.3, 0.4) is 0 Å². The van der Waals surface area contributed by atoms with E-state index in [1.54, 1.807) is 0 Å². The third kappa shape index (κ3) is 9.46. The third-order valence-electron chi connectivity index (χ3n) is 14.6. The van der Waals surface area contributed by atoms with Gasteiger partial charge in [0.25, 0.3) is 6.33 Å². The van der Waals surface area contributed by atoms with Crippen molar-refractivity contribution >= 4 is 32.8 Å². The number of pyridine rings is 1. The molecule has 0 aliphatic carbocycles. The molecule has 3 heterocycles. The summed E-state index contributed by atoms with van der Waals surface area (Å²) < 4.78 is 52.2. The zero-order valence-electron chi connectivity index (χ0n) is 49.4. The Morgan fingerprint density at radius 2 is 1.01 bits per heavy atom. The lowest BCUT2D eigenvalue weighted by molar-refractivity contribution is -0.566. The van der Waals surface area contributed by atoms with Crippen LogP contribution in [0.2, 0.25) is 0 Å². The lowest BCUT2D eigenvalue weighted by atomic mass is 9.78. The summed E-state index contributed by atoms with van der Waals surface area (Å²) in [6.45, 7) is 26.5. The number of para-hydroxylation sites is 4. The summed E-state index contributed by atoms with van der Waals surface area (Å²) in [5.41, 5.74) is 13.3. The number of aromatic nitrogens is 4. The standard InChI is InChI=1S/C70H69N4O/c1-67(2,3)50-33-31-47(32-34-50)46-27-29-48(30-28-46)57-22-18-23-58(49-39-52(69(7,8)9)41-53(40-49)70(10,11)12)66(57)73-45-72(62-25-15-16-26-63(62)73)54-19-17-20-55(42-54)75-56-36-37-60-59-21-13-14-24-61(59)74(64(60)43-56)65-38-35-51(44-71-65)68(4,5)6/h13-45H,1-12H3/q+1/i27D,28D,29D,30D. The second-order valence-electron chi connectivity index (χ2n) is 24.2. The van der Waals surface area contributed by atoms with Crippen LogP contribution >= 0.6 is 0 Å². The van der Waals surface area contributed by atoms with Gasteiger partial charge in [0.2, 0.25) is 0 Å². The quantitative estimate of drug-likeness (QED) is 0.142. The Morgan fingerprint density at radius 1 is 0.440 bits per heavy atom. The van der Waals surface area contributed by atoms with E-state index >= 15 is 0 Å². The summed E-state index contributed by atoms with van der Waals surface area (Å²) in [7, 11) is 0. The Balaban J connectivity index is 1.08. The van der Waals surface area contributed by atoms with Crippen molar-refractivity contribution in [1.29, 1.82) is 0 Å². The molecule has 0 amide bonds. The predicted octanol–water partition coefficient (Wildman–Crippen LogP) is 18.4. The Bertz CT molecular complexity index is 4120. The molecule has 374 valence electrons. The van der Waals surface area contributed by atoms with Crippen molar-refractivity contribution < 1.29 is 14.8 Å². The van der Waals surface area contributed by atoms with Gasteiger partial charge in [0.15, 0.2) is 11.0 Å². The molecule has 0 atom stereocenters. The number of fused-ring (bicyclic) bond motifs is 4. The molecule has 0 bridgehead atoms. The first-order valence-corrected chi connectivity index (χ1v) is 26.2. The maximum Gasteiger partial charge on any atom is 0.255 e. The molecule has 0 N–H and O–H groups in total. The normalized spacial score (nSPS) is 13.3. The van der Waals surface area contributed by atoms with Crippen molar-refractivity contribution in [2.24, 2.45) is 0 Å². The van der Waals surface area contributed by atoms with Crippen molar-refractivity contribution in [3.8, 4) is 62.1 Å². The summed E-state index contributed by atoms with van der Waals surface area (Å²) in [5, 5.41) is 2.25. The largest absolute Gasteiger partial charge is 0.457 e. The summed E-state index contributed by atoms with van der Waals surface area (Å²) >= 11 is 0. The minimum Gasteiger partial charge on any atom is -0.457 e. The lowest BCUT2D eigenvalue weighted by Crippen LogP contribution is -2.31. The third-order valence-corrected chi connectivity index (χ3v) is 14.6. The van der Waals surface area contributed by atoms with E-state index in [1.165, 1.54) is 16.7 Å². The van der Waals surface area contributed by atoms with Gasteiger partial charge in [0.1, 0.15) is 28.7 Å². The van der Waals surface area contributed by atoms with E-state index in [0.717, 1.165) is 66.7 Å². The molecule has 0 spiro atoms. The average molecular weight is 986 g/mol. The lowest BCUT2D eigenvalue weighted by Gasteiger charge is -2.26. The number of benzene rings is 8. The predicted molar refractivity (Wildman–Crippen MR) is 315 cm³/mol. The Kier molecular flexibility index (Phi) is 10.9. The van der Waals surface area contributed by atoms with E-state index in [4.69, 9.17) is 9.72 Å². The number of ether oxygens (including phenoxy) is 1. The molecule has 11 rings (SSSR count). The highest BCUT2D eigenvalue weighted by atomic mass is 16.5. The number of hydrogen-bond donors (Lipinski definition) is 0.